The molecular weight excluding hydrogens is 369 g/mol. The third-order valence-corrected chi connectivity index (χ3v) is 4.99. The Morgan fingerprint density at radius 1 is 1.36 bits per heavy atom. The summed E-state index contributed by atoms with van der Waals surface area (Å²) in [7, 11) is 1.51. The molecule has 3 aromatic heterocycles. The average Bonchev–Trinajstić information content (AvgIpc) is 3.11. The van der Waals surface area contributed by atoms with E-state index in [4.69, 9.17) is 9.26 Å². The Hall–Kier alpha value is -3.11. The summed E-state index contributed by atoms with van der Waals surface area (Å²) in [6, 6.07) is 4.57. The monoisotopic (exact) mass is 385 g/mol. The number of aromatic nitrogens is 5. The molecule has 0 amide bonds. The van der Waals surface area contributed by atoms with Gasteiger partial charge in [0, 0.05) is 13.7 Å². The van der Waals surface area contributed by atoms with Crippen molar-refractivity contribution in [2.24, 2.45) is 0 Å². The highest BCUT2D eigenvalue weighted by Crippen LogP contribution is 2.44. The van der Waals surface area contributed by atoms with E-state index in [1.807, 2.05) is 0 Å². The van der Waals surface area contributed by atoms with E-state index in [0.717, 1.165) is 0 Å². The zero-order chi connectivity index (χ0) is 19.5. The molecule has 0 atom stereocenters. The number of ether oxygens (including phenoxy) is 1. The summed E-state index contributed by atoms with van der Waals surface area (Å²) in [5, 5.41) is 14.0. The summed E-state index contributed by atoms with van der Waals surface area (Å²) in [6.45, 7) is 0.410. The van der Waals surface area contributed by atoms with Crippen LogP contribution in [0.5, 0.6) is 0 Å². The van der Waals surface area contributed by atoms with Crippen LogP contribution in [0.1, 0.15) is 18.7 Å². The molecule has 1 aliphatic carbocycles. The molecule has 0 radical (unpaired) electrons. The fourth-order valence-electron chi connectivity index (χ4n) is 3.33. The number of aliphatic hydroxyl groups is 1. The van der Waals surface area contributed by atoms with Crippen LogP contribution in [0, 0.1) is 5.82 Å². The van der Waals surface area contributed by atoms with Gasteiger partial charge in [-0.15, -0.1) is 0 Å². The van der Waals surface area contributed by atoms with E-state index in [0.29, 0.717) is 18.4 Å². The standard InChI is InChI=1S/C18H16FN5O4/c1-27-8-7-23-13-10(19)3-2-4-11(13)24-9-20-12(14(24)16(23)25)15-21-17(28-22-15)18(26)5-6-18/h2-4,9,26H,5-8H2,1H3. The van der Waals surface area contributed by atoms with Crippen molar-refractivity contribution >= 4 is 16.6 Å². The van der Waals surface area contributed by atoms with Crippen LogP contribution in [0.2, 0.25) is 0 Å². The highest BCUT2D eigenvalue weighted by Gasteiger charge is 2.48. The zero-order valence-electron chi connectivity index (χ0n) is 14.9. The summed E-state index contributed by atoms with van der Waals surface area (Å²) < 4.78 is 27.6. The molecule has 0 bridgehead atoms. The van der Waals surface area contributed by atoms with Crippen molar-refractivity contribution in [2.75, 3.05) is 13.7 Å². The van der Waals surface area contributed by atoms with Gasteiger partial charge in [0.1, 0.15) is 34.5 Å². The normalized spacial score (nSPS) is 15.5. The highest BCUT2D eigenvalue weighted by atomic mass is 19.1. The van der Waals surface area contributed by atoms with Crippen molar-refractivity contribution in [1.82, 2.24) is 24.1 Å². The maximum atomic E-state index is 14.6. The topological polar surface area (TPSA) is 108 Å². The molecule has 10 heteroatoms. The lowest BCUT2D eigenvalue weighted by Crippen LogP contribution is -2.25. The number of rotatable bonds is 5. The molecule has 0 saturated heterocycles. The van der Waals surface area contributed by atoms with Crippen molar-refractivity contribution in [1.29, 1.82) is 0 Å². The number of imidazole rings is 1. The SMILES string of the molecule is COCCn1c(=O)c2c(-c3noc(C4(O)CC4)n3)ncn2c2cccc(F)c21. The smallest absolute Gasteiger partial charge is 0.277 e. The van der Waals surface area contributed by atoms with Crippen molar-refractivity contribution in [3.8, 4) is 11.5 Å². The summed E-state index contributed by atoms with van der Waals surface area (Å²) >= 11 is 0. The third-order valence-electron chi connectivity index (χ3n) is 4.99. The number of benzene rings is 1. The Kier molecular flexibility index (Phi) is 3.61. The predicted octanol–water partition coefficient (Wildman–Crippen LogP) is 1.47. The molecule has 0 spiro atoms. The van der Waals surface area contributed by atoms with E-state index >= 15 is 0 Å². The second-order valence-corrected chi connectivity index (χ2v) is 6.82. The molecule has 28 heavy (non-hydrogen) atoms. The molecular formula is C18H16FN5O4. The summed E-state index contributed by atoms with van der Waals surface area (Å²) in [6.07, 6.45) is 2.52. The largest absolute Gasteiger partial charge is 0.383 e. The van der Waals surface area contributed by atoms with Gasteiger partial charge in [0.05, 0.1) is 12.1 Å². The quantitative estimate of drug-likeness (QED) is 0.554. The maximum absolute atomic E-state index is 14.6. The van der Waals surface area contributed by atoms with Gasteiger partial charge < -0.3 is 18.9 Å². The van der Waals surface area contributed by atoms with Crippen LogP contribution in [0.4, 0.5) is 4.39 Å². The van der Waals surface area contributed by atoms with Crippen molar-refractivity contribution in [3.63, 3.8) is 0 Å². The fourth-order valence-corrected chi connectivity index (χ4v) is 3.33. The van der Waals surface area contributed by atoms with Crippen molar-refractivity contribution < 1.29 is 18.8 Å². The van der Waals surface area contributed by atoms with Crippen LogP contribution < -0.4 is 5.56 Å². The van der Waals surface area contributed by atoms with Crippen molar-refractivity contribution in [3.05, 3.63) is 46.6 Å². The van der Waals surface area contributed by atoms with Gasteiger partial charge in [-0.1, -0.05) is 11.2 Å². The molecule has 1 aromatic carbocycles. The fraction of sp³-hybridized carbons (Fsp3) is 0.333. The van der Waals surface area contributed by atoms with Crippen LogP contribution in [0.25, 0.3) is 28.1 Å². The number of fused-ring (bicyclic) bond motifs is 3. The van der Waals surface area contributed by atoms with Gasteiger partial charge in [0.15, 0.2) is 0 Å². The van der Waals surface area contributed by atoms with Gasteiger partial charge in [-0.25, -0.2) is 9.37 Å². The van der Waals surface area contributed by atoms with Gasteiger partial charge in [-0.2, -0.15) is 4.98 Å². The van der Waals surface area contributed by atoms with Crippen LogP contribution in [0.15, 0.2) is 33.8 Å². The Morgan fingerprint density at radius 3 is 2.93 bits per heavy atom. The first-order valence-corrected chi connectivity index (χ1v) is 8.77. The third kappa shape index (κ3) is 2.38. The minimum Gasteiger partial charge on any atom is -0.383 e. The second kappa shape index (κ2) is 5.94. The number of nitrogens with zero attached hydrogens (tertiary/aromatic N) is 5. The minimum absolute atomic E-state index is 0.101. The first-order chi connectivity index (χ1) is 13.5. The first kappa shape index (κ1) is 17.0. The van der Waals surface area contributed by atoms with Gasteiger partial charge in [0.25, 0.3) is 11.4 Å². The molecule has 9 nitrogen and oxygen atoms in total. The zero-order valence-corrected chi connectivity index (χ0v) is 14.9. The Morgan fingerprint density at radius 2 is 2.18 bits per heavy atom. The van der Waals surface area contributed by atoms with E-state index in [1.165, 1.54) is 28.5 Å². The number of para-hydroxylation sites is 1. The predicted molar refractivity (Wildman–Crippen MR) is 95.2 cm³/mol. The lowest BCUT2D eigenvalue weighted by Gasteiger charge is -2.12. The summed E-state index contributed by atoms with van der Waals surface area (Å²) in [4.78, 5) is 21.7. The molecule has 1 fully saturated rings. The maximum Gasteiger partial charge on any atom is 0.277 e. The summed E-state index contributed by atoms with van der Waals surface area (Å²) in [5.74, 6) is -0.306. The molecule has 1 N–H and O–H groups in total. The van der Waals surface area contributed by atoms with Crippen LogP contribution in [0.3, 0.4) is 0 Å². The Balaban J connectivity index is 1.79. The molecule has 1 saturated carbocycles. The second-order valence-electron chi connectivity index (χ2n) is 6.82. The molecule has 144 valence electrons. The van der Waals surface area contributed by atoms with Gasteiger partial charge in [-0.3, -0.25) is 9.20 Å². The Labute approximate surface area is 157 Å². The van der Waals surface area contributed by atoms with Gasteiger partial charge >= 0.3 is 0 Å². The van der Waals surface area contributed by atoms with Gasteiger partial charge in [0.2, 0.25) is 5.82 Å². The molecule has 4 aromatic rings. The molecule has 3 heterocycles. The lowest BCUT2D eigenvalue weighted by molar-refractivity contribution is 0.108. The van der Waals surface area contributed by atoms with Gasteiger partial charge in [-0.05, 0) is 25.0 Å². The number of methoxy groups -OCH3 is 1. The number of halogens is 1. The van der Waals surface area contributed by atoms with Crippen LogP contribution >= 0.6 is 0 Å². The number of hydrogen-bond acceptors (Lipinski definition) is 7. The molecule has 0 unspecified atom stereocenters. The first-order valence-electron chi connectivity index (χ1n) is 8.77. The lowest BCUT2D eigenvalue weighted by atomic mass is 10.2. The molecule has 0 aliphatic heterocycles. The van der Waals surface area contributed by atoms with Crippen LogP contribution in [-0.4, -0.2) is 42.9 Å². The van der Waals surface area contributed by atoms with Crippen LogP contribution in [-0.2, 0) is 16.9 Å². The molecule has 1 aliphatic rings. The van der Waals surface area contributed by atoms with E-state index in [1.54, 1.807) is 12.1 Å². The Bertz CT molecular complexity index is 1270. The number of hydrogen-bond donors (Lipinski definition) is 1. The molecule has 5 rings (SSSR count). The van der Waals surface area contributed by atoms with Crippen molar-refractivity contribution in [2.45, 2.75) is 25.0 Å². The van der Waals surface area contributed by atoms with E-state index in [-0.39, 0.29) is 41.6 Å². The van der Waals surface area contributed by atoms with E-state index < -0.39 is 17.0 Å². The average molecular weight is 385 g/mol. The van der Waals surface area contributed by atoms with E-state index in [2.05, 4.69) is 15.1 Å². The summed E-state index contributed by atoms with van der Waals surface area (Å²) in [5.41, 5.74) is -0.476. The highest BCUT2D eigenvalue weighted by molar-refractivity contribution is 5.84. The van der Waals surface area contributed by atoms with E-state index in [9.17, 15) is 14.3 Å². The minimum atomic E-state index is -1.09.